The molecule has 164 valence electrons. The van der Waals surface area contributed by atoms with Gasteiger partial charge < -0.3 is 9.64 Å². The summed E-state index contributed by atoms with van der Waals surface area (Å²) in [6, 6.07) is 6.19. The molecule has 10 nitrogen and oxygen atoms in total. The van der Waals surface area contributed by atoms with Crippen LogP contribution in [0.4, 0.5) is 35.9 Å². The first-order chi connectivity index (χ1) is 14.7. The van der Waals surface area contributed by atoms with Crippen LogP contribution in [0, 0.1) is 20.2 Å². The summed E-state index contributed by atoms with van der Waals surface area (Å²) in [6.07, 6.45) is -3.51. The molecule has 1 saturated heterocycles. The lowest BCUT2D eigenvalue weighted by molar-refractivity contribution is -0.384. The number of morpholine rings is 1. The van der Waals surface area contributed by atoms with Gasteiger partial charge in [0.1, 0.15) is 5.69 Å². The molecule has 0 amide bonds. The number of nitrogens with one attached hydrogen (secondary N) is 1. The van der Waals surface area contributed by atoms with Gasteiger partial charge >= 0.3 is 6.18 Å². The molecule has 1 aliphatic rings. The fourth-order valence-corrected chi connectivity index (χ4v) is 2.98. The van der Waals surface area contributed by atoms with Crippen molar-refractivity contribution in [3.8, 4) is 0 Å². The number of hydrogen-bond donors (Lipinski definition) is 1. The van der Waals surface area contributed by atoms with Gasteiger partial charge in [0, 0.05) is 42.5 Å². The third-order valence-corrected chi connectivity index (χ3v) is 4.48. The summed E-state index contributed by atoms with van der Waals surface area (Å²) in [7, 11) is 0. The maximum absolute atomic E-state index is 12.8. The summed E-state index contributed by atoms with van der Waals surface area (Å²) in [6.45, 7) is 2.06. The van der Waals surface area contributed by atoms with Crippen molar-refractivity contribution >= 4 is 29.0 Å². The second-order valence-electron chi connectivity index (χ2n) is 6.46. The Kier molecular flexibility index (Phi) is 6.34. The van der Waals surface area contributed by atoms with Crippen molar-refractivity contribution in [2.45, 2.75) is 6.18 Å². The van der Waals surface area contributed by atoms with E-state index in [-0.39, 0.29) is 11.4 Å². The van der Waals surface area contributed by atoms with E-state index in [1.165, 1.54) is 18.3 Å². The van der Waals surface area contributed by atoms with Crippen molar-refractivity contribution in [1.29, 1.82) is 0 Å². The average molecular weight is 439 g/mol. The van der Waals surface area contributed by atoms with E-state index in [1.807, 2.05) is 4.90 Å². The average Bonchev–Trinajstić information content (AvgIpc) is 2.73. The van der Waals surface area contributed by atoms with Gasteiger partial charge in [-0.05, 0) is 18.2 Å². The molecule has 2 aromatic carbocycles. The Morgan fingerprint density at radius 3 is 2.39 bits per heavy atom. The van der Waals surface area contributed by atoms with Crippen molar-refractivity contribution in [2.24, 2.45) is 5.10 Å². The van der Waals surface area contributed by atoms with Gasteiger partial charge in [0.15, 0.2) is 0 Å². The largest absolute Gasteiger partial charge is 0.416 e. The SMILES string of the molecule is O=[N+]([O-])c1ccc(N2CCOCC2)c(/C=N/Nc2ccc(C(F)(F)F)cc2[N+](=O)[O-])c1. The van der Waals surface area contributed by atoms with Gasteiger partial charge in [0.05, 0.1) is 34.8 Å². The highest BCUT2D eigenvalue weighted by Gasteiger charge is 2.33. The van der Waals surface area contributed by atoms with Gasteiger partial charge in [-0.15, -0.1) is 0 Å². The second kappa shape index (κ2) is 8.95. The summed E-state index contributed by atoms with van der Waals surface area (Å²) in [5.74, 6) is 0. The third kappa shape index (κ3) is 5.25. The van der Waals surface area contributed by atoms with Crippen molar-refractivity contribution < 1.29 is 27.8 Å². The molecule has 0 spiro atoms. The molecule has 3 rings (SSSR count). The van der Waals surface area contributed by atoms with E-state index >= 15 is 0 Å². The normalized spacial score (nSPS) is 14.6. The number of halogens is 3. The highest BCUT2D eigenvalue weighted by atomic mass is 19.4. The molecule has 1 aliphatic heterocycles. The molecule has 0 saturated carbocycles. The molecular weight excluding hydrogens is 423 g/mol. The van der Waals surface area contributed by atoms with E-state index in [2.05, 4.69) is 10.5 Å². The first kappa shape index (κ1) is 22.0. The molecule has 0 unspecified atom stereocenters. The predicted molar refractivity (Wildman–Crippen MR) is 105 cm³/mol. The number of non-ortho nitro benzene ring substituents is 1. The zero-order chi connectivity index (χ0) is 22.6. The van der Waals surface area contributed by atoms with Gasteiger partial charge in [0.25, 0.3) is 11.4 Å². The molecular formula is C18H16F3N5O5. The Labute approximate surface area is 173 Å². The van der Waals surface area contributed by atoms with Crippen LogP contribution in [0.2, 0.25) is 0 Å². The zero-order valence-corrected chi connectivity index (χ0v) is 15.8. The molecule has 0 bridgehead atoms. The van der Waals surface area contributed by atoms with Gasteiger partial charge in [-0.25, -0.2) is 0 Å². The molecule has 0 aromatic heterocycles. The Hall–Kier alpha value is -3.74. The first-order valence-electron chi connectivity index (χ1n) is 8.92. The van der Waals surface area contributed by atoms with Crippen LogP contribution in [0.15, 0.2) is 41.5 Å². The number of benzene rings is 2. The lowest BCUT2D eigenvalue weighted by Gasteiger charge is -2.29. The van der Waals surface area contributed by atoms with Gasteiger partial charge in [0.2, 0.25) is 0 Å². The van der Waals surface area contributed by atoms with Crippen molar-refractivity contribution in [3.63, 3.8) is 0 Å². The van der Waals surface area contributed by atoms with E-state index in [0.717, 1.165) is 6.07 Å². The fraction of sp³-hybridized carbons (Fsp3) is 0.278. The minimum absolute atomic E-state index is 0.182. The van der Waals surface area contributed by atoms with E-state index in [4.69, 9.17) is 4.74 Å². The van der Waals surface area contributed by atoms with Gasteiger partial charge in [-0.1, -0.05) is 0 Å². The van der Waals surface area contributed by atoms with Gasteiger partial charge in [-0.3, -0.25) is 25.7 Å². The standard InChI is InChI=1S/C18H16F3N5O5/c19-18(20,21)13-1-3-15(17(10-13)26(29)30)23-22-11-12-9-14(25(27)28)2-4-16(12)24-5-7-31-8-6-24/h1-4,9-11,23H,5-8H2/b22-11+. The highest BCUT2D eigenvalue weighted by molar-refractivity contribution is 5.89. The summed E-state index contributed by atoms with van der Waals surface area (Å²) in [5.41, 5.74) is 0.938. The summed E-state index contributed by atoms with van der Waals surface area (Å²) >= 11 is 0. The minimum Gasteiger partial charge on any atom is -0.378 e. The first-order valence-corrected chi connectivity index (χ1v) is 8.92. The van der Waals surface area contributed by atoms with E-state index in [1.54, 1.807) is 6.07 Å². The third-order valence-electron chi connectivity index (χ3n) is 4.48. The Balaban J connectivity index is 1.90. The topological polar surface area (TPSA) is 123 Å². The van der Waals surface area contributed by atoms with Crippen LogP contribution >= 0.6 is 0 Å². The highest BCUT2D eigenvalue weighted by Crippen LogP contribution is 2.35. The molecule has 0 radical (unpaired) electrons. The Bertz CT molecular complexity index is 1020. The van der Waals surface area contributed by atoms with Crippen molar-refractivity contribution in [1.82, 2.24) is 0 Å². The number of nitro groups is 2. The van der Waals surface area contributed by atoms with Crippen LogP contribution in [-0.2, 0) is 10.9 Å². The monoisotopic (exact) mass is 439 g/mol. The molecule has 0 atom stereocenters. The number of nitro benzene ring substituents is 2. The molecule has 2 aromatic rings. The van der Waals surface area contributed by atoms with Gasteiger partial charge in [-0.2, -0.15) is 18.3 Å². The zero-order valence-electron chi connectivity index (χ0n) is 15.8. The molecule has 1 heterocycles. The van der Waals surface area contributed by atoms with Crippen LogP contribution in [0.1, 0.15) is 11.1 Å². The van der Waals surface area contributed by atoms with Crippen molar-refractivity contribution in [3.05, 3.63) is 67.8 Å². The van der Waals surface area contributed by atoms with Crippen LogP contribution < -0.4 is 10.3 Å². The fourth-order valence-electron chi connectivity index (χ4n) is 2.98. The second-order valence-corrected chi connectivity index (χ2v) is 6.46. The number of ether oxygens (including phenoxy) is 1. The maximum Gasteiger partial charge on any atom is 0.416 e. The number of rotatable bonds is 6. The van der Waals surface area contributed by atoms with Crippen LogP contribution in [-0.4, -0.2) is 42.4 Å². The number of hydrazone groups is 1. The number of nitrogens with zero attached hydrogens (tertiary/aromatic N) is 4. The summed E-state index contributed by atoms with van der Waals surface area (Å²) in [4.78, 5) is 22.7. The Morgan fingerprint density at radius 1 is 1.06 bits per heavy atom. The van der Waals surface area contributed by atoms with E-state index in [0.29, 0.717) is 49.7 Å². The molecule has 31 heavy (non-hydrogen) atoms. The molecule has 0 aliphatic carbocycles. The van der Waals surface area contributed by atoms with Crippen LogP contribution in [0.25, 0.3) is 0 Å². The molecule has 1 fully saturated rings. The van der Waals surface area contributed by atoms with Crippen LogP contribution in [0.3, 0.4) is 0 Å². The smallest absolute Gasteiger partial charge is 0.378 e. The van der Waals surface area contributed by atoms with E-state index < -0.39 is 27.3 Å². The predicted octanol–water partition coefficient (Wildman–Crippen LogP) is 3.80. The number of anilines is 2. The van der Waals surface area contributed by atoms with Crippen LogP contribution in [0.5, 0.6) is 0 Å². The number of hydrogen-bond acceptors (Lipinski definition) is 8. The lowest BCUT2D eigenvalue weighted by Crippen LogP contribution is -2.36. The maximum atomic E-state index is 12.8. The van der Waals surface area contributed by atoms with E-state index in [9.17, 15) is 33.4 Å². The molecule has 13 heteroatoms. The summed E-state index contributed by atoms with van der Waals surface area (Å²) < 4.78 is 43.7. The number of alkyl halides is 3. The van der Waals surface area contributed by atoms with Crippen molar-refractivity contribution in [2.75, 3.05) is 36.6 Å². The lowest BCUT2D eigenvalue weighted by atomic mass is 10.1. The molecule has 1 N–H and O–H groups in total. The summed E-state index contributed by atoms with van der Waals surface area (Å²) in [5, 5.41) is 26.1. The minimum atomic E-state index is -4.73. The Morgan fingerprint density at radius 2 is 1.77 bits per heavy atom. The quantitative estimate of drug-likeness (QED) is 0.412.